The molecular weight excluding hydrogens is 184 g/mol. The van der Waals surface area contributed by atoms with Gasteiger partial charge in [-0.3, -0.25) is 0 Å². The zero-order chi connectivity index (χ0) is 10.5. The second-order valence-electron chi connectivity index (χ2n) is 5.52. The highest BCUT2D eigenvalue weighted by molar-refractivity contribution is 4.80. The van der Waals surface area contributed by atoms with Crippen molar-refractivity contribution >= 4 is 0 Å². The van der Waals surface area contributed by atoms with Gasteiger partial charge in [0.05, 0.1) is 0 Å². The molecule has 0 radical (unpaired) electrons. The molecule has 0 aromatic carbocycles. The highest BCUT2D eigenvalue weighted by Crippen LogP contribution is 2.27. The molecule has 15 heavy (non-hydrogen) atoms. The van der Waals surface area contributed by atoms with Gasteiger partial charge in [0.2, 0.25) is 0 Å². The van der Waals surface area contributed by atoms with Crippen LogP contribution >= 0.6 is 0 Å². The zero-order valence-electron chi connectivity index (χ0n) is 9.88. The zero-order valence-corrected chi connectivity index (χ0v) is 9.88. The monoisotopic (exact) mass is 210 g/mol. The molecule has 2 heteroatoms. The summed E-state index contributed by atoms with van der Waals surface area (Å²) in [5.41, 5.74) is 5.98. The summed E-state index contributed by atoms with van der Waals surface area (Å²) in [5.74, 6) is 1.02. The second-order valence-corrected chi connectivity index (χ2v) is 5.52. The standard InChI is InChI=1S/C13H26N2/c14-12-6-3-7-13(10-12)15-9-8-11-4-1-2-5-11/h11-13,15H,1-10,14H2. The Morgan fingerprint density at radius 2 is 1.80 bits per heavy atom. The van der Waals surface area contributed by atoms with Crippen LogP contribution in [-0.4, -0.2) is 18.6 Å². The number of nitrogens with two attached hydrogens (primary N) is 1. The van der Waals surface area contributed by atoms with Crippen LogP contribution in [0.5, 0.6) is 0 Å². The SMILES string of the molecule is NC1CCCC(NCCC2CCCC2)C1. The van der Waals surface area contributed by atoms with Gasteiger partial charge in [-0.05, 0) is 38.1 Å². The fraction of sp³-hybridized carbons (Fsp3) is 1.00. The number of nitrogens with one attached hydrogen (secondary N) is 1. The van der Waals surface area contributed by atoms with Crippen LogP contribution in [-0.2, 0) is 0 Å². The lowest BCUT2D eigenvalue weighted by Crippen LogP contribution is -2.40. The maximum atomic E-state index is 5.98. The molecule has 3 N–H and O–H groups in total. The Balaban J connectivity index is 1.56. The van der Waals surface area contributed by atoms with E-state index in [0.29, 0.717) is 6.04 Å². The first-order chi connectivity index (χ1) is 7.34. The molecule has 88 valence electrons. The van der Waals surface area contributed by atoms with Crippen LogP contribution in [0.4, 0.5) is 0 Å². The van der Waals surface area contributed by atoms with Crippen molar-refractivity contribution in [2.24, 2.45) is 11.7 Å². The summed E-state index contributed by atoms with van der Waals surface area (Å²) >= 11 is 0. The molecule has 0 aliphatic heterocycles. The summed E-state index contributed by atoms with van der Waals surface area (Å²) < 4.78 is 0. The first-order valence-corrected chi connectivity index (χ1v) is 6.83. The quantitative estimate of drug-likeness (QED) is 0.748. The van der Waals surface area contributed by atoms with E-state index in [2.05, 4.69) is 5.32 Å². The van der Waals surface area contributed by atoms with Crippen LogP contribution in [0.2, 0.25) is 0 Å². The Bertz CT molecular complexity index is 175. The van der Waals surface area contributed by atoms with E-state index in [9.17, 15) is 0 Å². The molecular formula is C13H26N2. The van der Waals surface area contributed by atoms with Crippen molar-refractivity contribution in [3.63, 3.8) is 0 Å². The van der Waals surface area contributed by atoms with Crippen molar-refractivity contribution < 1.29 is 0 Å². The molecule has 2 aliphatic rings. The molecule has 0 bridgehead atoms. The molecule has 2 saturated carbocycles. The topological polar surface area (TPSA) is 38.0 Å². The van der Waals surface area contributed by atoms with E-state index in [1.165, 1.54) is 64.3 Å². The van der Waals surface area contributed by atoms with Crippen LogP contribution in [0.3, 0.4) is 0 Å². The Kier molecular flexibility index (Phi) is 4.45. The van der Waals surface area contributed by atoms with Gasteiger partial charge in [0.1, 0.15) is 0 Å². The molecule has 0 heterocycles. The van der Waals surface area contributed by atoms with E-state index < -0.39 is 0 Å². The lowest BCUT2D eigenvalue weighted by molar-refractivity contribution is 0.329. The molecule has 2 rings (SSSR count). The lowest BCUT2D eigenvalue weighted by atomic mass is 9.91. The summed E-state index contributed by atoms with van der Waals surface area (Å²) in [6, 6.07) is 1.18. The molecule has 0 saturated heterocycles. The van der Waals surface area contributed by atoms with Crippen LogP contribution < -0.4 is 11.1 Å². The van der Waals surface area contributed by atoms with Gasteiger partial charge in [0.25, 0.3) is 0 Å². The Morgan fingerprint density at radius 1 is 1.00 bits per heavy atom. The lowest BCUT2D eigenvalue weighted by Gasteiger charge is -2.27. The smallest absolute Gasteiger partial charge is 0.00818 e. The van der Waals surface area contributed by atoms with Crippen molar-refractivity contribution in [2.45, 2.75) is 69.9 Å². The fourth-order valence-electron chi connectivity index (χ4n) is 3.20. The predicted octanol–water partition coefficient (Wildman–Crippen LogP) is 2.43. The summed E-state index contributed by atoms with van der Waals surface area (Å²) in [6.45, 7) is 1.22. The van der Waals surface area contributed by atoms with E-state index >= 15 is 0 Å². The van der Waals surface area contributed by atoms with Gasteiger partial charge in [-0.2, -0.15) is 0 Å². The average Bonchev–Trinajstić information content (AvgIpc) is 2.71. The fourth-order valence-corrected chi connectivity index (χ4v) is 3.20. The van der Waals surface area contributed by atoms with Gasteiger partial charge >= 0.3 is 0 Å². The van der Waals surface area contributed by atoms with E-state index in [1.807, 2.05) is 0 Å². The van der Waals surface area contributed by atoms with Crippen molar-refractivity contribution in [3.05, 3.63) is 0 Å². The van der Waals surface area contributed by atoms with Gasteiger partial charge in [-0.1, -0.05) is 32.1 Å². The van der Waals surface area contributed by atoms with Gasteiger partial charge in [-0.15, -0.1) is 0 Å². The first-order valence-electron chi connectivity index (χ1n) is 6.83. The summed E-state index contributed by atoms with van der Waals surface area (Å²) in [5, 5.41) is 3.70. The van der Waals surface area contributed by atoms with E-state index in [4.69, 9.17) is 5.73 Å². The van der Waals surface area contributed by atoms with E-state index in [1.54, 1.807) is 0 Å². The van der Waals surface area contributed by atoms with Gasteiger partial charge < -0.3 is 11.1 Å². The van der Waals surface area contributed by atoms with Gasteiger partial charge in [0, 0.05) is 12.1 Å². The van der Waals surface area contributed by atoms with Crippen LogP contribution in [0.15, 0.2) is 0 Å². The number of hydrogen-bond acceptors (Lipinski definition) is 2. The minimum atomic E-state index is 0.461. The Hall–Kier alpha value is -0.0800. The highest BCUT2D eigenvalue weighted by Gasteiger charge is 2.19. The summed E-state index contributed by atoms with van der Waals surface area (Å²) in [6.07, 6.45) is 12.4. The van der Waals surface area contributed by atoms with Crippen molar-refractivity contribution in [1.82, 2.24) is 5.32 Å². The van der Waals surface area contributed by atoms with Crippen molar-refractivity contribution in [2.75, 3.05) is 6.54 Å². The third-order valence-electron chi connectivity index (χ3n) is 4.18. The molecule has 2 fully saturated rings. The van der Waals surface area contributed by atoms with E-state index in [0.717, 1.165) is 12.0 Å². The first kappa shape index (κ1) is 11.4. The van der Waals surface area contributed by atoms with Crippen molar-refractivity contribution in [3.8, 4) is 0 Å². The van der Waals surface area contributed by atoms with Gasteiger partial charge in [-0.25, -0.2) is 0 Å². The largest absolute Gasteiger partial charge is 0.328 e. The minimum Gasteiger partial charge on any atom is -0.328 e. The average molecular weight is 210 g/mol. The molecule has 0 spiro atoms. The number of hydrogen-bond donors (Lipinski definition) is 2. The minimum absolute atomic E-state index is 0.461. The Labute approximate surface area is 94.0 Å². The molecule has 2 aliphatic carbocycles. The molecule has 0 aromatic heterocycles. The Morgan fingerprint density at radius 3 is 2.53 bits per heavy atom. The molecule has 2 atom stereocenters. The summed E-state index contributed by atoms with van der Waals surface area (Å²) in [7, 11) is 0. The van der Waals surface area contributed by atoms with Crippen LogP contribution in [0, 0.1) is 5.92 Å². The maximum Gasteiger partial charge on any atom is 0.00818 e. The maximum absolute atomic E-state index is 5.98. The van der Waals surface area contributed by atoms with Crippen LogP contribution in [0.25, 0.3) is 0 Å². The molecule has 0 amide bonds. The normalized spacial score (nSPS) is 33.4. The third kappa shape index (κ3) is 3.76. The van der Waals surface area contributed by atoms with Crippen molar-refractivity contribution in [1.29, 1.82) is 0 Å². The number of rotatable bonds is 4. The van der Waals surface area contributed by atoms with Gasteiger partial charge in [0.15, 0.2) is 0 Å². The second kappa shape index (κ2) is 5.86. The molecule has 2 nitrogen and oxygen atoms in total. The van der Waals surface area contributed by atoms with E-state index in [-0.39, 0.29) is 0 Å². The van der Waals surface area contributed by atoms with Crippen LogP contribution in [0.1, 0.15) is 57.8 Å². The highest BCUT2D eigenvalue weighted by atomic mass is 14.9. The third-order valence-corrected chi connectivity index (χ3v) is 4.18. The summed E-state index contributed by atoms with van der Waals surface area (Å²) in [4.78, 5) is 0. The predicted molar refractivity (Wildman–Crippen MR) is 64.8 cm³/mol. The molecule has 2 unspecified atom stereocenters. The molecule has 0 aromatic rings.